The van der Waals surface area contributed by atoms with E-state index in [4.69, 9.17) is 9.47 Å². The summed E-state index contributed by atoms with van der Waals surface area (Å²) in [5, 5.41) is 0. The Bertz CT molecular complexity index is 685. The Hall–Kier alpha value is -1.75. The molecule has 5 heteroatoms. The molecule has 0 N–H and O–H groups in total. The first-order valence-electron chi connectivity index (χ1n) is 9.85. The molecule has 0 unspecified atom stereocenters. The zero-order chi connectivity index (χ0) is 19.3. The molecule has 0 spiro atoms. The zero-order valence-electron chi connectivity index (χ0n) is 15.9. The van der Waals surface area contributed by atoms with Gasteiger partial charge in [-0.05, 0) is 54.9 Å². The van der Waals surface area contributed by atoms with Gasteiger partial charge in [-0.15, -0.1) is 0 Å². The van der Waals surface area contributed by atoms with Crippen molar-refractivity contribution in [3.63, 3.8) is 0 Å². The van der Waals surface area contributed by atoms with Crippen molar-refractivity contribution in [2.24, 2.45) is 5.92 Å². The lowest BCUT2D eigenvalue weighted by Gasteiger charge is -2.25. The number of aryl methyl sites for hydroxylation is 1. The molecule has 1 fully saturated rings. The van der Waals surface area contributed by atoms with Crippen molar-refractivity contribution in [3.05, 3.63) is 40.5 Å². The van der Waals surface area contributed by atoms with Gasteiger partial charge in [0.15, 0.2) is 0 Å². The van der Waals surface area contributed by atoms with Crippen LogP contribution in [0.15, 0.2) is 29.3 Å². The normalized spacial score (nSPS) is 18.8. The first-order valence-corrected chi connectivity index (χ1v) is 9.85. The summed E-state index contributed by atoms with van der Waals surface area (Å²) in [5.41, 5.74) is 3.06. The van der Waals surface area contributed by atoms with Gasteiger partial charge in [0.2, 0.25) is 0 Å². The summed E-state index contributed by atoms with van der Waals surface area (Å²) >= 11 is 0. The van der Waals surface area contributed by atoms with Crippen molar-refractivity contribution in [1.82, 2.24) is 0 Å². The van der Waals surface area contributed by atoms with Gasteiger partial charge in [-0.2, -0.15) is 0 Å². The second kappa shape index (κ2) is 8.96. The van der Waals surface area contributed by atoms with Crippen LogP contribution in [0.4, 0.5) is 8.78 Å². The lowest BCUT2D eigenvalue weighted by Crippen LogP contribution is -2.20. The highest BCUT2D eigenvalue weighted by molar-refractivity contribution is 5.51. The highest BCUT2D eigenvalue weighted by atomic mass is 19.3. The summed E-state index contributed by atoms with van der Waals surface area (Å²) in [7, 11) is 0. The van der Waals surface area contributed by atoms with Gasteiger partial charge in [-0.1, -0.05) is 24.5 Å². The minimum Gasteiger partial charge on any atom is -0.489 e. The van der Waals surface area contributed by atoms with E-state index in [0.717, 1.165) is 26.2 Å². The standard InChI is InChI=1S/C22H28F2O3/c1-22(23,24)21-13-19(9-8-17(21)7-4-11-25)27-15-18-14-26-12-10-20(18)16-5-2-3-6-16/h8-9,11,13,16H,2-7,10,12,14-15H2,1H3. The fraction of sp³-hybridized carbons (Fsp3) is 0.591. The van der Waals surface area contributed by atoms with E-state index in [1.165, 1.54) is 42.9 Å². The Morgan fingerprint density at radius 2 is 2.07 bits per heavy atom. The van der Waals surface area contributed by atoms with Crippen LogP contribution in [-0.2, 0) is 21.9 Å². The molecule has 1 aliphatic heterocycles. The van der Waals surface area contributed by atoms with Crippen molar-refractivity contribution in [2.75, 3.05) is 19.8 Å². The zero-order valence-corrected chi connectivity index (χ0v) is 15.9. The fourth-order valence-electron chi connectivity index (χ4n) is 4.21. The lowest BCUT2D eigenvalue weighted by molar-refractivity contribution is -0.107. The van der Waals surface area contributed by atoms with E-state index in [9.17, 15) is 13.6 Å². The summed E-state index contributed by atoms with van der Waals surface area (Å²) in [6.45, 7) is 2.59. The fourth-order valence-corrected chi connectivity index (χ4v) is 4.21. The number of carbonyl (C=O) groups is 1. The molecule has 27 heavy (non-hydrogen) atoms. The number of aldehydes is 1. The van der Waals surface area contributed by atoms with E-state index in [2.05, 4.69) is 0 Å². The smallest absolute Gasteiger partial charge is 0.270 e. The Morgan fingerprint density at radius 1 is 1.30 bits per heavy atom. The maximum atomic E-state index is 14.0. The predicted molar refractivity (Wildman–Crippen MR) is 100 cm³/mol. The van der Waals surface area contributed by atoms with Crippen molar-refractivity contribution < 1.29 is 23.0 Å². The van der Waals surface area contributed by atoms with Crippen LogP contribution >= 0.6 is 0 Å². The number of hydrogen-bond acceptors (Lipinski definition) is 3. The number of halogens is 2. The van der Waals surface area contributed by atoms with E-state index in [0.29, 0.717) is 36.9 Å². The Morgan fingerprint density at radius 3 is 2.78 bits per heavy atom. The summed E-state index contributed by atoms with van der Waals surface area (Å²) in [6, 6.07) is 4.78. The average Bonchev–Trinajstić information content (AvgIpc) is 3.19. The van der Waals surface area contributed by atoms with Crippen molar-refractivity contribution in [1.29, 1.82) is 0 Å². The molecule has 0 bridgehead atoms. The maximum absolute atomic E-state index is 14.0. The Balaban J connectivity index is 1.75. The first kappa shape index (κ1) is 20.0. The van der Waals surface area contributed by atoms with Crippen molar-refractivity contribution in [2.45, 2.75) is 57.8 Å². The van der Waals surface area contributed by atoms with Gasteiger partial charge in [0, 0.05) is 18.9 Å². The van der Waals surface area contributed by atoms with Gasteiger partial charge in [0.05, 0.1) is 13.2 Å². The highest BCUT2D eigenvalue weighted by Crippen LogP contribution is 2.37. The molecule has 3 rings (SSSR count). The van der Waals surface area contributed by atoms with Gasteiger partial charge in [-0.25, -0.2) is 8.78 Å². The maximum Gasteiger partial charge on any atom is 0.270 e. The van der Waals surface area contributed by atoms with Crippen LogP contribution in [0.3, 0.4) is 0 Å². The SMILES string of the molecule is CC(F)(F)c1cc(OCC2=C(C3CCCC3)CCOC2)ccc1CCC=O. The van der Waals surface area contributed by atoms with Crippen LogP contribution in [0, 0.1) is 5.92 Å². The summed E-state index contributed by atoms with van der Waals surface area (Å²) < 4.78 is 39.5. The molecule has 1 aromatic rings. The van der Waals surface area contributed by atoms with Crippen LogP contribution in [0.2, 0.25) is 0 Å². The molecule has 0 aromatic heterocycles. The second-order valence-electron chi connectivity index (χ2n) is 7.61. The van der Waals surface area contributed by atoms with Crippen LogP contribution in [0.25, 0.3) is 0 Å². The third-order valence-electron chi connectivity index (χ3n) is 5.59. The molecule has 0 saturated heterocycles. The molecule has 3 nitrogen and oxygen atoms in total. The van der Waals surface area contributed by atoms with Gasteiger partial charge in [-0.3, -0.25) is 0 Å². The second-order valence-corrected chi connectivity index (χ2v) is 7.61. The molecule has 1 heterocycles. The molecule has 148 valence electrons. The first-order chi connectivity index (χ1) is 13.0. The molecule has 0 atom stereocenters. The molecular weight excluding hydrogens is 350 g/mol. The summed E-state index contributed by atoms with van der Waals surface area (Å²) in [5.74, 6) is -1.90. The molecular formula is C22H28F2O3. The minimum absolute atomic E-state index is 0.0632. The lowest BCUT2D eigenvalue weighted by atomic mass is 9.89. The van der Waals surface area contributed by atoms with E-state index in [1.807, 2.05) is 0 Å². The van der Waals surface area contributed by atoms with Gasteiger partial charge >= 0.3 is 0 Å². The van der Waals surface area contributed by atoms with Crippen LogP contribution in [-0.4, -0.2) is 26.1 Å². The number of benzene rings is 1. The highest BCUT2D eigenvalue weighted by Gasteiger charge is 2.28. The summed E-state index contributed by atoms with van der Waals surface area (Å²) in [6.07, 6.45) is 7.27. The quantitative estimate of drug-likeness (QED) is 0.460. The number of alkyl halides is 2. The molecule has 0 radical (unpaired) electrons. The van der Waals surface area contributed by atoms with Crippen LogP contribution < -0.4 is 4.74 Å². The molecule has 0 amide bonds. The van der Waals surface area contributed by atoms with E-state index in [-0.39, 0.29) is 12.0 Å². The predicted octanol–water partition coefficient (Wildman–Crippen LogP) is 5.22. The van der Waals surface area contributed by atoms with Crippen LogP contribution in [0.1, 0.15) is 56.6 Å². The monoisotopic (exact) mass is 378 g/mol. The number of rotatable bonds is 8. The molecule has 1 aliphatic carbocycles. The number of carbonyl (C=O) groups excluding carboxylic acids is 1. The third-order valence-corrected chi connectivity index (χ3v) is 5.59. The number of hydrogen-bond donors (Lipinski definition) is 0. The number of ether oxygens (including phenoxy) is 2. The molecule has 1 aromatic carbocycles. The van der Waals surface area contributed by atoms with Gasteiger partial charge in [0.1, 0.15) is 18.6 Å². The van der Waals surface area contributed by atoms with Crippen molar-refractivity contribution in [3.8, 4) is 5.75 Å². The average molecular weight is 378 g/mol. The molecule has 2 aliphatic rings. The largest absolute Gasteiger partial charge is 0.489 e. The van der Waals surface area contributed by atoms with Gasteiger partial charge in [0.25, 0.3) is 5.92 Å². The molecule has 1 saturated carbocycles. The minimum atomic E-state index is -2.97. The Labute approximate surface area is 159 Å². The summed E-state index contributed by atoms with van der Waals surface area (Å²) in [4.78, 5) is 10.6. The van der Waals surface area contributed by atoms with Crippen molar-refractivity contribution >= 4 is 6.29 Å². The van der Waals surface area contributed by atoms with E-state index in [1.54, 1.807) is 12.1 Å². The van der Waals surface area contributed by atoms with Crippen LogP contribution in [0.5, 0.6) is 5.75 Å². The van der Waals surface area contributed by atoms with Gasteiger partial charge < -0.3 is 14.3 Å². The Kier molecular flexibility index (Phi) is 6.64. The topological polar surface area (TPSA) is 35.5 Å². The van der Waals surface area contributed by atoms with E-state index < -0.39 is 5.92 Å². The van der Waals surface area contributed by atoms with E-state index >= 15 is 0 Å². The third kappa shape index (κ3) is 5.16.